The number of rotatable bonds is 4. The van der Waals surface area contributed by atoms with E-state index in [1.807, 2.05) is 68.4 Å². The van der Waals surface area contributed by atoms with Crippen molar-refractivity contribution in [2.45, 2.75) is 13.8 Å². The Morgan fingerprint density at radius 1 is 1.05 bits per heavy atom. The summed E-state index contributed by atoms with van der Waals surface area (Å²) in [5.41, 5.74) is 3.72. The molecule has 0 heterocycles. The van der Waals surface area contributed by atoms with Crippen molar-refractivity contribution in [3.05, 3.63) is 77.5 Å². The molecule has 2 nitrogen and oxygen atoms in total. The summed E-state index contributed by atoms with van der Waals surface area (Å²) in [5.74, 6) is 0.0123. The van der Waals surface area contributed by atoms with Gasteiger partial charge in [-0.2, -0.15) is 0 Å². The minimum Gasteiger partial charge on any atom is -0.359 e. The Balaban J connectivity index is 2.09. The maximum atomic E-state index is 12.0. The molecule has 0 saturated carbocycles. The van der Waals surface area contributed by atoms with Gasteiger partial charge in [0.25, 0.3) is 0 Å². The SMILES string of the molecule is C/C(=C\C(=O)c1ccccc1)Nc1cccc(C)c1. The van der Waals surface area contributed by atoms with Crippen LogP contribution in [-0.2, 0) is 0 Å². The average Bonchev–Trinajstić information content (AvgIpc) is 2.39. The highest BCUT2D eigenvalue weighted by Crippen LogP contribution is 2.12. The van der Waals surface area contributed by atoms with Crippen LogP contribution in [0.2, 0.25) is 0 Å². The molecule has 2 aromatic carbocycles. The molecule has 0 aliphatic heterocycles. The van der Waals surface area contributed by atoms with Crippen LogP contribution in [0.15, 0.2) is 66.4 Å². The molecule has 0 spiro atoms. The third-order valence-corrected chi connectivity index (χ3v) is 2.77. The van der Waals surface area contributed by atoms with Gasteiger partial charge in [0.15, 0.2) is 5.78 Å². The zero-order valence-electron chi connectivity index (χ0n) is 11.2. The van der Waals surface area contributed by atoms with Crippen molar-refractivity contribution in [1.82, 2.24) is 0 Å². The number of hydrogen-bond donors (Lipinski definition) is 1. The lowest BCUT2D eigenvalue weighted by atomic mass is 10.1. The molecule has 0 aliphatic rings. The van der Waals surface area contributed by atoms with Gasteiger partial charge in [-0.3, -0.25) is 4.79 Å². The van der Waals surface area contributed by atoms with Crippen LogP contribution in [-0.4, -0.2) is 5.78 Å². The van der Waals surface area contributed by atoms with Crippen LogP contribution in [0.25, 0.3) is 0 Å². The van der Waals surface area contributed by atoms with Gasteiger partial charge in [0.2, 0.25) is 0 Å². The van der Waals surface area contributed by atoms with Crippen molar-refractivity contribution in [3.63, 3.8) is 0 Å². The lowest BCUT2D eigenvalue weighted by molar-refractivity contribution is 0.104. The van der Waals surface area contributed by atoms with Crippen molar-refractivity contribution in [2.24, 2.45) is 0 Å². The first-order valence-electron chi connectivity index (χ1n) is 6.26. The van der Waals surface area contributed by atoms with Gasteiger partial charge in [0, 0.05) is 23.0 Å². The smallest absolute Gasteiger partial charge is 0.187 e. The van der Waals surface area contributed by atoms with E-state index < -0.39 is 0 Å². The highest BCUT2D eigenvalue weighted by molar-refractivity contribution is 6.05. The Morgan fingerprint density at radius 2 is 1.79 bits per heavy atom. The van der Waals surface area contributed by atoms with Gasteiger partial charge >= 0.3 is 0 Å². The zero-order chi connectivity index (χ0) is 13.7. The number of hydrogen-bond acceptors (Lipinski definition) is 2. The van der Waals surface area contributed by atoms with E-state index >= 15 is 0 Å². The number of carbonyl (C=O) groups excluding carboxylic acids is 1. The van der Waals surface area contributed by atoms with Crippen LogP contribution in [0, 0.1) is 6.92 Å². The van der Waals surface area contributed by atoms with Crippen LogP contribution < -0.4 is 5.32 Å². The van der Waals surface area contributed by atoms with Gasteiger partial charge in [-0.25, -0.2) is 0 Å². The first kappa shape index (κ1) is 13.1. The van der Waals surface area contributed by atoms with Crippen LogP contribution >= 0.6 is 0 Å². The third kappa shape index (κ3) is 3.81. The molecule has 96 valence electrons. The van der Waals surface area contributed by atoms with Gasteiger partial charge in [0.05, 0.1) is 0 Å². The fourth-order valence-electron chi connectivity index (χ4n) is 1.87. The van der Waals surface area contributed by atoms with E-state index in [4.69, 9.17) is 0 Å². The molecule has 19 heavy (non-hydrogen) atoms. The van der Waals surface area contributed by atoms with Gasteiger partial charge in [0.1, 0.15) is 0 Å². The Hall–Kier alpha value is -2.35. The number of anilines is 1. The van der Waals surface area contributed by atoms with E-state index in [1.165, 1.54) is 5.56 Å². The molecule has 0 saturated heterocycles. The minimum atomic E-state index is 0.0123. The summed E-state index contributed by atoms with van der Waals surface area (Å²) in [5, 5.41) is 3.22. The molecule has 2 aromatic rings. The second kappa shape index (κ2) is 6.01. The predicted octanol–water partition coefficient (Wildman–Crippen LogP) is 4.19. The molecular weight excluding hydrogens is 234 g/mol. The fourth-order valence-corrected chi connectivity index (χ4v) is 1.87. The molecule has 0 aromatic heterocycles. The molecular formula is C17H17NO. The van der Waals surface area contributed by atoms with Crippen molar-refractivity contribution in [3.8, 4) is 0 Å². The van der Waals surface area contributed by atoms with E-state index in [0.717, 1.165) is 11.4 Å². The summed E-state index contributed by atoms with van der Waals surface area (Å²) < 4.78 is 0. The van der Waals surface area contributed by atoms with E-state index in [9.17, 15) is 4.79 Å². The van der Waals surface area contributed by atoms with Crippen LogP contribution in [0.3, 0.4) is 0 Å². The summed E-state index contributed by atoms with van der Waals surface area (Å²) in [6, 6.07) is 17.3. The number of carbonyl (C=O) groups is 1. The third-order valence-electron chi connectivity index (χ3n) is 2.77. The molecule has 0 radical (unpaired) electrons. The highest BCUT2D eigenvalue weighted by Gasteiger charge is 2.02. The normalized spacial score (nSPS) is 11.2. The molecule has 2 rings (SSSR count). The lowest BCUT2D eigenvalue weighted by Crippen LogP contribution is -2.01. The molecule has 0 fully saturated rings. The number of allylic oxidation sites excluding steroid dienone is 2. The molecule has 0 amide bonds. The number of nitrogens with one attached hydrogen (secondary N) is 1. The second-order valence-electron chi connectivity index (χ2n) is 4.55. The summed E-state index contributed by atoms with van der Waals surface area (Å²) >= 11 is 0. The molecule has 0 atom stereocenters. The first-order valence-corrected chi connectivity index (χ1v) is 6.26. The largest absolute Gasteiger partial charge is 0.359 e. The quantitative estimate of drug-likeness (QED) is 0.652. The van der Waals surface area contributed by atoms with Gasteiger partial charge in [-0.05, 0) is 31.5 Å². The van der Waals surface area contributed by atoms with E-state index in [-0.39, 0.29) is 5.78 Å². The summed E-state index contributed by atoms with van der Waals surface area (Å²) in [6.07, 6.45) is 1.62. The molecule has 0 aliphatic carbocycles. The molecule has 0 bridgehead atoms. The molecule has 0 unspecified atom stereocenters. The Morgan fingerprint density at radius 3 is 2.47 bits per heavy atom. The molecule has 1 N–H and O–H groups in total. The Labute approximate surface area is 113 Å². The van der Waals surface area contributed by atoms with Gasteiger partial charge in [-0.1, -0.05) is 42.5 Å². The average molecular weight is 251 g/mol. The van der Waals surface area contributed by atoms with Crippen molar-refractivity contribution in [1.29, 1.82) is 0 Å². The maximum absolute atomic E-state index is 12.0. The van der Waals surface area contributed by atoms with Gasteiger partial charge in [-0.15, -0.1) is 0 Å². The monoisotopic (exact) mass is 251 g/mol. The van der Waals surface area contributed by atoms with Gasteiger partial charge < -0.3 is 5.32 Å². The second-order valence-corrected chi connectivity index (χ2v) is 4.55. The summed E-state index contributed by atoms with van der Waals surface area (Å²) in [4.78, 5) is 12.0. The number of benzene rings is 2. The van der Waals surface area contributed by atoms with E-state index in [0.29, 0.717) is 5.56 Å². The van der Waals surface area contributed by atoms with Crippen molar-refractivity contribution < 1.29 is 4.79 Å². The lowest BCUT2D eigenvalue weighted by Gasteiger charge is -2.07. The fraction of sp³-hybridized carbons (Fsp3) is 0.118. The molecule has 2 heteroatoms. The number of ketones is 1. The van der Waals surface area contributed by atoms with Crippen molar-refractivity contribution >= 4 is 11.5 Å². The predicted molar refractivity (Wildman–Crippen MR) is 79.3 cm³/mol. The number of aryl methyl sites for hydroxylation is 1. The van der Waals surface area contributed by atoms with Crippen LogP contribution in [0.5, 0.6) is 0 Å². The van der Waals surface area contributed by atoms with E-state index in [2.05, 4.69) is 5.32 Å². The standard InChI is InChI=1S/C17H17NO/c1-13-7-6-10-16(11-13)18-14(2)12-17(19)15-8-4-3-5-9-15/h3-12,18H,1-2H3/b14-12+. The van der Waals surface area contributed by atoms with Crippen molar-refractivity contribution in [2.75, 3.05) is 5.32 Å². The minimum absolute atomic E-state index is 0.0123. The topological polar surface area (TPSA) is 29.1 Å². The maximum Gasteiger partial charge on any atom is 0.187 e. The summed E-state index contributed by atoms with van der Waals surface area (Å²) in [6.45, 7) is 3.93. The van der Waals surface area contributed by atoms with E-state index in [1.54, 1.807) is 6.08 Å². The first-order chi connectivity index (χ1) is 9.15. The highest BCUT2D eigenvalue weighted by atomic mass is 16.1. The van der Waals surface area contributed by atoms with Crippen LogP contribution in [0.4, 0.5) is 5.69 Å². The zero-order valence-corrected chi connectivity index (χ0v) is 11.2. The Bertz CT molecular complexity index is 600. The van der Waals surface area contributed by atoms with Crippen LogP contribution in [0.1, 0.15) is 22.8 Å². The Kier molecular flexibility index (Phi) is 4.14. The summed E-state index contributed by atoms with van der Waals surface area (Å²) in [7, 11) is 0.